The average Bonchev–Trinajstić information content (AvgIpc) is 2.44. The van der Waals surface area contributed by atoms with Gasteiger partial charge in [-0.3, -0.25) is 9.78 Å². The second-order valence-corrected chi connectivity index (χ2v) is 4.76. The Kier molecular flexibility index (Phi) is 4.30. The molecule has 1 aromatic carbocycles. The minimum absolute atomic E-state index is 0.0442. The molecule has 0 radical (unpaired) electrons. The van der Waals surface area contributed by atoms with Crippen molar-refractivity contribution in [2.24, 2.45) is 0 Å². The highest BCUT2D eigenvalue weighted by molar-refractivity contribution is 6.37. The van der Waals surface area contributed by atoms with Crippen molar-refractivity contribution in [2.45, 2.75) is 0 Å². The number of aromatic hydroxyl groups is 1. The predicted molar refractivity (Wildman–Crippen MR) is 77.3 cm³/mol. The average molecular weight is 327 g/mol. The lowest BCUT2D eigenvalue weighted by Crippen LogP contribution is -2.18. The Hall–Kier alpha value is -2.31. The first-order valence-corrected chi connectivity index (χ1v) is 6.33. The van der Waals surface area contributed by atoms with Gasteiger partial charge in [0.1, 0.15) is 5.69 Å². The SMILES string of the molecule is O=C(O)c1cccnc1C(=O)Nc1cc(Cl)c(O)c(Cl)c1. The summed E-state index contributed by atoms with van der Waals surface area (Å²) >= 11 is 11.5. The van der Waals surface area contributed by atoms with Gasteiger partial charge in [0.15, 0.2) is 5.75 Å². The molecule has 2 rings (SSSR count). The summed E-state index contributed by atoms with van der Waals surface area (Å²) in [7, 11) is 0. The first kappa shape index (κ1) is 15.1. The van der Waals surface area contributed by atoms with E-state index in [-0.39, 0.29) is 32.7 Å². The van der Waals surface area contributed by atoms with E-state index in [4.69, 9.17) is 28.3 Å². The molecule has 0 atom stereocenters. The van der Waals surface area contributed by atoms with Crippen LogP contribution in [0.25, 0.3) is 0 Å². The number of phenols is 1. The molecule has 1 amide bonds. The summed E-state index contributed by atoms with van der Waals surface area (Å²) in [5.74, 6) is -2.30. The highest BCUT2D eigenvalue weighted by Gasteiger charge is 2.18. The minimum atomic E-state index is -1.27. The number of rotatable bonds is 3. The summed E-state index contributed by atoms with van der Waals surface area (Å²) in [6.07, 6.45) is 1.30. The fourth-order valence-electron chi connectivity index (χ4n) is 1.59. The summed E-state index contributed by atoms with van der Waals surface area (Å²) in [5.41, 5.74) is -0.272. The Labute approximate surface area is 129 Å². The highest BCUT2D eigenvalue weighted by Crippen LogP contribution is 2.34. The zero-order valence-electron chi connectivity index (χ0n) is 10.3. The van der Waals surface area contributed by atoms with Crippen LogP contribution >= 0.6 is 23.2 Å². The number of nitrogens with zero attached hydrogens (tertiary/aromatic N) is 1. The van der Waals surface area contributed by atoms with Crippen LogP contribution in [0.15, 0.2) is 30.5 Å². The van der Waals surface area contributed by atoms with Gasteiger partial charge in [0.05, 0.1) is 15.6 Å². The van der Waals surface area contributed by atoms with Gasteiger partial charge in [-0.05, 0) is 24.3 Å². The molecule has 3 N–H and O–H groups in total. The number of anilines is 1. The summed E-state index contributed by atoms with van der Waals surface area (Å²) in [5, 5.41) is 20.8. The van der Waals surface area contributed by atoms with Crippen LogP contribution in [0.4, 0.5) is 5.69 Å². The molecule has 2 aromatic rings. The summed E-state index contributed by atoms with van der Waals surface area (Å²) < 4.78 is 0. The number of benzene rings is 1. The number of carbonyl (C=O) groups excluding carboxylic acids is 1. The van der Waals surface area contributed by atoms with E-state index in [2.05, 4.69) is 10.3 Å². The van der Waals surface area contributed by atoms with Gasteiger partial charge in [-0.15, -0.1) is 0 Å². The number of aromatic carboxylic acids is 1. The third-order valence-corrected chi connectivity index (χ3v) is 3.10. The number of hydrogen-bond acceptors (Lipinski definition) is 4. The zero-order chi connectivity index (χ0) is 15.6. The quantitative estimate of drug-likeness (QED) is 0.753. The summed E-state index contributed by atoms with van der Waals surface area (Å²) in [4.78, 5) is 26.8. The van der Waals surface area contributed by atoms with Crippen molar-refractivity contribution in [2.75, 3.05) is 5.32 Å². The molecule has 0 aliphatic heterocycles. The Bertz CT molecular complexity index is 711. The number of hydrogen-bond donors (Lipinski definition) is 3. The number of aromatic nitrogens is 1. The van der Waals surface area contributed by atoms with E-state index in [1.165, 1.54) is 30.5 Å². The highest BCUT2D eigenvalue weighted by atomic mass is 35.5. The molecule has 108 valence electrons. The van der Waals surface area contributed by atoms with Crippen LogP contribution < -0.4 is 5.32 Å². The molecule has 8 heteroatoms. The van der Waals surface area contributed by atoms with Crippen molar-refractivity contribution in [1.82, 2.24) is 4.98 Å². The number of nitrogens with one attached hydrogen (secondary N) is 1. The van der Waals surface area contributed by atoms with E-state index in [0.717, 1.165) is 0 Å². The van der Waals surface area contributed by atoms with Gasteiger partial charge in [-0.25, -0.2) is 4.79 Å². The van der Waals surface area contributed by atoms with E-state index in [9.17, 15) is 14.7 Å². The van der Waals surface area contributed by atoms with Crippen molar-refractivity contribution in [1.29, 1.82) is 0 Å². The molecule has 0 saturated heterocycles. The molecular formula is C13H8Cl2N2O4. The monoisotopic (exact) mass is 326 g/mol. The third kappa shape index (κ3) is 3.24. The molecule has 0 bridgehead atoms. The molecule has 0 aliphatic carbocycles. The molecule has 1 aromatic heterocycles. The maximum atomic E-state index is 12.1. The largest absolute Gasteiger partial charge is 0.505 e. The molecule has 0 spiro atoms. The first-order chi connectivity index (χ1) is 9.90. The van der Waals surface area contributed by atoms with Gasteiger partial charge in [0.25, 0.3) is 5.91 Å². The molecule has 0 fully saturated rings. The van der Waals surface area contributed by atoms with Crippen LogP contribution in [-0.4, -0.2) is 27.1 Å². The van der Waals surface area contributed by atoms with Crippen LogP contribution in [0.5, 0.6) is 5.75 Å². The van der Waals surface area contributed by atoms with Gasteiger partial charge in [-0.2, -0.15) is 0 Å². The van der Waals surface area contributed by atoms with Gasteiger partial charge in [0.2, 0.25) is 0 Å². The lowest BCUT2D eigenvalue weighted by molar-refractivity contribution is 0.0691. The van der Waals surface area contributed by atoms with Gasteiger partial charge >= 0.3 is 5.97 Å². The van der Waals surface area contributed by atoms with Gasteiger partial charge in [-0.1, -0.05) is 23.2 Å². The Morgan fingerprint density at radius 3 is 2.38 bits per heavy atom. The smallest absolute Gasteiger partial charge is 0.338 e. The number of amides is 1. The van der Waals surface area contributed by atoms with Crippen molar-refractivity contribution in [3.63, 3.8) is 0 Å². The van der Waals surface area contributed by atoms with E-state index in [0.29, 0.717) is 0 Å². The number of carboxylic acids is 1. The Morgan fingerprint density at radius 1 is 1.19 bits per heavy atom. The van der Waals surface area contributed by atoms with Crippen molar-refractivity contribution in [3.8, 4) is 5.75 Å². The zero-order valence-corrected chi connectivity index (χ0v) is 11.8. The fraction of sp³-hybridized carbons (Fsp3) is 0. The van der Waals surface area contributed by atoms with E-state index >= 15 is 0 Å². The normalized spacial score (nSPS) is 10.2. The molecule has 1 heterocycles. The van der Waals surface area contributed by atoms with Crippen LogP contribution in [0.3, 0.4) is 0 Å². The topological polar surface area (TPSA) is 99.5 Å². The van der Waals surface area contributed by atoms with Crippen LogP contribution in [-0.2, 0) is 0 Å². The van der Waals surface area contributed by atoms with Crippen LogP contribution in [0, 0.1) is 0 Å². The minimum Gasteiger partial charge on any atom is -0.505 e. The fourth-order valence-corrected chi connectivity index (χ4v) is 2.07. The molecule has 21 heavy (non-hydrogen) atoms. The lowest BCUT2D eigenvalue weighted by atomic mass is 10.2. The summed E-state index contributed by atoms with van der Waals surface area (Å²) in [6, 6.07) is 5.24. The second kappa shape index (κ2) is 5.99. The maximum absolute atomic E-state index is 12.1. The van der Waals surface area contributed by atoms with Crippen molar-refractivity contribution < 1.29 is 19.8 Å². The van der Waals surface area contributed by atoms with Crippen LogP contribution in [0.2, 0.25) is 10.0 Å². The lowest BCUT2D eigenvalue weighted by Gasteiger charge is -2.08. The number of phenolic OH excluding ortho intramolecular Hbond substituents is 1. The van der Waals surface area contributed by atoms with Crippen LogP contribution in [0.1, 0.15) is 20.8 Å². The van der Waals surface area contributed by atoms with E-state index in [1.807, 2.05) is 0 Å². The van der Waals surface area contributed by atoms with Gasteiger partial charge in [0, 0.05) is 11.9 Å². The first-order valence-electron chi connectivity index (χ1n) is 5.58. The number of pyridine rings is 1. The van der Waals surface area contributed by atoms with E-state index < -0.39 is 11.9 Å². The number of carbonyl (C=O) groups is 2. The van der Waals surface area contributed by atoms with Gasteiger partial charge < -0.3 is 15.5 Å². The molecule has 6 nitrogen and oxygen atoms in total. The Morgan fingerprint density at radius 2 is 1.81 bits per heavy atom. The number of halogens is 2. The molecular weight excluding hydrogens is 319 g/mol. The number of carboxylic acid groups (broad SMARTS) is 1. The molecule has 0 aliphatic rings. The third-order valence-electron chi connectivity index (χ3n) is 2.53. The Balaban J connectivity index is 2.33. The maximum Gasteiger partial charge on any atom is 0.338 e. The molecule has 0 saturated carbocycles. The van der Waals surface area contributed by atoms with Crippen molar-refractivity contribution >= 4 is 40.8 Å². The second-order valence-electron chi connectivity index (χ2n) is 3.95. The van der Waals surface area contributed by atoms with Crippen molar-refractivity contribution in [3.05, 3.63) is 51.8 Å². The molecule has 0 unspecified atom stereocenters. The standard InChI is InChI=1S/C13H8Cl2N2O4/c14-8-4-6(5-9(15)11(8)18)17-12(19)10-7(13(20)21)2-1-3-16-10/h1-5,18H,(H,17,19)(H,20,21). The predicted octanol–water partition coefficient (Wildman–Crippen LogP) is 3.04. The van der Waals surface area contributed by atoms with E-state index in [1.54, 1.807) is 0 Å². The summed E-state index contributed by atoms with van der Waals surface area (Å²) in [6.45, 7) is 0.